The molecule has 0 unspecified atom stereocenters. The van der Waals surface area contributed by atoms with Gasteiger partial charge in [0.15, 0.2) is 0 Å². The molecule has 11 heavy (non-hydrogen) atoms. The maximum atomic E-state index is 10.7. The van der Waals surface area contributed by atoms with Crippen LogP contribution in [0.3, 0.4) is 0 Å². The number of hydrogen-bond acceptors (Lipinski definition) is 2. The number of carbonyl (C=O) groups excluding carboxylic acids is 1. The lowest BCUT2D eigenvalue weighted by Gasteiger charge is -2.12. The van der Waals surface area contributed by atoms with Crippen molar-refractivity contribution in [1.29, 1.82) is 0 Å². The molecule has 0 radical (unpaired) electrons. The molecule has 0 spiro atoms. The summed E-state index contributed by atoms with van der Waals surface area (Å²) in [6, 6.07) is 0. The highest BCUT2D eigenvalue weighted by molar-refractivity contribution is 5.78. The van der Waals surface area contributed by atoms with Crippen LogP contribution < -0.4 is 0 Å². The molecule has 0 amide bonds. The molecule has 0 bridgehead atoms. The van der Waals surface area contributed by atoms with E-state index in [9.17, 15) is 9.90 Å². The molecule has 0 aromatic heterocycles. The zero-order chi connectivity index (χ0) is 8.85. The molecule has 0 aliphatic rings. The van der Waals surface area contributed by atoms with E-state index in [4.69, 9.17) is 0 Å². The average molecular weight is 154 g/mol. The Bertz CT molecular complexity index is 185. The van der Waals surface area contributed by atoms with Gasteiger partial charge in [0.25, 0.3) is 0 Å². The summed E-state index contributed by atoms with van der Waals surface area (Å²) in [5.41, 5.74) is 0. The van der Waals surface area contributed by atoms with E-state index in [1.165, 1.54) is 6.92 Å². The van der Waals surface area contributed by atoms with Gasteiger partial charge < -0.3 is 5.11 Å². The molecule has 0 aromatic carbocycles. The minimum Gasteiger partial charge on any atom is -0.391 e. The first-order valence-corrected chi connectivity index (χ1v) is 3.67. The second-order valence-corrected chi connectivity index (χ2v) is 2.60. The molecule has 2 nitrogen and oxygen atoms in total. The molecule has 0 aliphatic heterocycles. The van der Waals surface area contributed by atoms with E-state index < -0.39 is 6.10 Å². The lowest BCUT2D eigenvalue weighted by molar-refractivity contribution is -0.123. The second kappa shape index (κ2) is 4.92. The highest BCUT2D eigenvalue weighted by atomic mass is 16.3. The van der Waals surface area contributed by atoms with Gasteiger partial charge in [0.2, 0.25) is 0 Å². The molecule has 2 heteroatoms. The third kappa shape index (κ3) is 3.79. The van der Waals surface area contributed by atoms with Gasteiger partial charge in [0.1, 0.15) is 5.78 Å². The molecule has 0 aromatic rings. The predicted molar refractivity (Wildman–Crippen MR) is 43.9 cm³/mol. The summed E-state index contributed by atoms with van der Waals surface area (Å²) < 4.78 is 0. The van der Waals surface area contributed by atoms with Crippen LogP contribution >= 0.6 is 0 Å². The minimum atomic E-state index is -0.611. The maximum absolute atomic E-state index is 10.7. The zero-order valence-corrected chi connectivity index (χ0v) is 7.22. The largest absolute Gasteiger partial charge is 0.391 e. The standard InChI is InChI=1S/C9H14O2/c1-4-5-6-9(11)7(2)8(3)10/h7,9,11H,6H2,1-3H3/t7-,9-/m1/s1. The Morgan fingerprint density at radius 2 is 2.18 bits per heavy atom. The van der Waals surface area contributed by atoms with E-state index in [-0.39, 0.29) is 11.7 Å². The van der Waals surface area contributed by atoms with Crippen molar-refractivity contribution < 1.29 is 9.90 Å². The van der Waals surface area contributed by atoms with Crippen molar-refractivity contribution in [2.24, 2.45) is 5.92 Å². The van der Waals surface area contributed by atoms with E-state index in [0.717, 1.165) is 0 Å². The smallest absolute Gasteiger partial charge is 0.135 e. The van der Waals surface area contributed by atoms with Crippen LogP contribution in [0.15, 0.2) is 0 Å². The quantitative estimate of drug-likeness (QED) is 0.615. The first-order chi connectivity index (χ1) is 5.09. The number of hydrogen-bond donors (Lipinski definition) is 1. The van der Waals surface area contributed by atoms with Crippen molar-refractivity contribution in [3.8, 4) is 11.8 Å². The van der Waals surface area contributed by atoms with Gasteiger partial charge in [-0.05, 0) is 13.8 Å². The number of ketones is 1. The third-order valence-electron chi connectivity index (χ3n) is 1.71. The van der Waals surface area contributed by atoms with Crippen molar-refractivity contribution in [2.45, 2.75) is 33.3 Å². The summed E-state index contributed by atoms with van der Waals surface area (Å²) in [7, 11) is 0. The first-order valence-electron chi connectivity index (χ1n) is 3.67. The Hall–Kier alpha value is -0.810. The van der Waals surface area contributed by atoms with Crippen LogP contribution in [-0.4, -0.2) is 17.0 Å². The fourth-order valence-electron chi connectivity index (χ4n) is 0.654. The van der Waals surface area contributed by atoms with Gasteiger partial charge in [-0.3, -0.25) is 4.79 Å². The van der Waals surface area contributed by atoms with Crippen molar-refractivity contribution >= 4 is 5.78 Å². The molecule has 0 heterocycles. The van der Waals surface area contributed by atoms with E-state index in [0.29, 0.717) is 6.42 Å². The Kier molecular flexibility index (Phi) is 4.56. The van der Waals surface area contributed by atoms with Gasteiger partial charge in [-0.25, -0.2) is 0 Å². The Balaban J connectivity index is 3.88. The monoisotopic (exact) mass is 154 g/mol. The summed E-state index contributed by atoms with van der Waals surface area (Å²) in [6.45, 7) is 4.91. The van der Waals surface area contributed by atoms with Gasteiger partial charge in [-0.2, -0.15) is 0 Å². The number of aliphatic hydroxyl groups excluding tert-OH is 1. The molecule has 0 aliphatic carbocycles. The van der Waals surface area contributed by atoms with Crippen LogP contribution in [0.1, 0.15) is 27.2 Å². The molecule has 0 saturated heterocycles. The molecule has 1 N–H and O–H groups in total. The predicted octanol–water partition coefficient (Wildman–Crippen LogP) is 0.986. The van der Waals surface area contributed by atoms with Crippen molar-refractivity contribution in [3.05, 3.63) is 0 Å². The van der Waals surface area contributed by atoms with Gasteiger partial charge in [-0.15, -0.1) is 11.8 Å². The Morgan fingerprint density at radius 1 is 1.64 bits per heavy atom. The Morgan fingerprint density at radius 3 is 2.55 bits per heavy atom. The maximum Gasteiger partial charge on any atom is 0.135 e. The fourth-order valence-corrected chi connectivity index (χ4v) is 0.654. The van der Waals surface area contributed by atoms with E-state index >= 15 is 0 Å². The van der Waals surface area contributed by atoms with Crippen LogP contribution in [0.4, 0.5) is 0 Å². The molecule has 2 atom stereocenters. The molecule has 0 saturated carbocycles. The minimum absolute atomic E-state index is 0.00963. The van der Waals surface area contributed by atoms with Crippen LogP contribution in [0.5, 0.6) is 0 Å². The van der Waals surface area contributed by atoms with Gasteiger partial charge in [0.05, 0.1) is 6.10 Å². The third-order valence-corrected chi connectivity index (χ3v) is 1.71. The first kappa shape index (κ1) is 10.2. The molecule has 0 fully saturated rings. The topological polar surface area (TPSA) is 37.3 Å². The SMILES string of the molecule is CC#CC[C@@H](O)[C@H](C)C(C)=O. The average Bonchev–Trinajstić information content (AvgIpc) is 1.98. The summed E-state index contributed by atoms with van der Waals surface area (Å²) in [5.74, 6) is 5.12. The summed E-state index contributed by atoms with van der Waals surface area (Å²) >= 11 is 0. The van der Waals surface area contributed by atoms with Crippen LogP contribution in [0.25, 0.3) is 0 Å². The van der Waals surface area contributed by atoms with Gasteiger partial charge in [0, 0.05) is 12.3 Å². The normalized spacial score (nSPS) is 14.5. The van der Waals surface area contributed by atoms with E-state index in [1.807, 2.05) is 0 Å². The van der Waals surface area contributed by atoms with E-state index in [1.54, 1.807) is 13.8 Å². The van der Waals surface area contributed by atoms with Crippen LogP contribution in [-0.2, 0) is 4.79 Å². The van der Waals surface area contributed by atoms with Crippen molar-refractivity contribution in [2.75, 3.05) is 0 Å². The molecular formula is C9H14O2. The van der Waals surface area contributed by atoms with Crippen molar-refractivity contribution in [1.82, 2.24) is 0 Å². The fraction of sp³-hybridized carbons (Fsp3) is 0.667. The highest BCUT2D eigenvalue weighted by Crippen LogP contribution is 2.06. The number of carbonyl (C=O) groups is 1. The second-order valence-electron chi connectivity index (χ2n) is 2.60. The highest BCUT2D eigenvalue weighted by Gasteiger charge is 2.16. The summed E-state index contributed by atoms with van der Waals surface area (Å²) in [4.78, 5) is 10.7. The van der Waals surface area contributed by atoms with Crippen LogP contribution in [0, 0.1) is 17.8 Å². The Labute approximate surface area is 67.6 Å². The lowest BCUT2D eigenvalue weighted by atomic mass is 9.98. The van der Waals surface area contributed by atoms with Gasteiger partial charge in [-0.1, -0.05) is 6.92 Å². The molecular weight excluding hydrogens is 140 g/mol. The zero-order valence-electron chi connectivity index (χ0n) is 7.22. The molecule has 0 rings (SSSR count). The van der Waals surface area contributed by atoms with Crippen LogP contribution in [0.2, 0.25) is 0 Å². The lowest BCUT2D eigenvalue weighted by Crippen LogP contribution is -2.23. The number of Topliss-reactive ketones (excluding diaryl/α,β-unsaturated/α-hetero) is 1. The summed E-state index contributed by atoms with van der Waals surface area (Å²) in [5, 5.41) is 9.30. The van der Waals surface area contributed by atoms with E-state index in [2.05, 4.69) is 11.8 Å². The molecule has 62 valence electrons. The van der Waals surface area contributed by atoms with Gasteiger partial charge >= 0.3 is 0 Å². The summed E-state index contributed by atoms with van der Waals surface area (Å²) in [6.07, 6.45) is -0.225. The van der Waals surface area contributed by atoms with Crippen molar-refractivity contribution in [3.63, 3.8) is 0 Å². The number of rotatable bonds is 3. The number of aliphatic hydroxyl groups is 1.